The van der Waals surface area contributed by atoms with Crippen LogP contribution >= 0.6 is 0 Å². The van der Waals surface area contributed by atoms with Gasteiger partial charge in [0, 0.05) is 36.1 Å². The molecule has 344 valence electrons. The van der Waals surface area contributed by atoms with E-state index in [1.54, 1.807) is 0 Å². The summed E-state index contributed by atoms with van der Waals surface area (Å²) in [5, 5.41) is 0. The molecule has 0 spiro atoms. The van der Waals surface area contributed by atoms with Crippen LogP contribution in [0.4, 0.5) is 0 Å². The lowest BCUT2D eigenvalue weighted by Gasteiger charge is -2.19. The lowest BCUT2D eigenvalue weighted by Crippen LogP contribution is -2.47. The van der Waals surface area contributed by atoms with Crippen molar-refractivity contribution in [3.63, 3.8) is 0 Å². The molecular weight excluding hydrogens is 775 g/mol. The molecule has 4 aromatic rings. The van der Waals surface area contributed by atoms with E-state index in [4.69, 9.17) is 9.47 Å². The van der Waals surface area contributed by atoms with E-state index in [-0.39, 0.29) is 18.5 Å². The van der Waals surface area contributed by atoms with Crippen molar-refractivity contribution < 1.29 is 23.6 Å². The summed E-state index contributed by atoms with van der Waals surface area (Å²) in [6.45, 7) is 4.92. The Morgan fingerprint density at radius 2 is 0.746 bits per heavy atom. The third-order valence-corrected chi connectivity index (χ3v) is 12.5. The largest absolute Gasteiger partial charge is 0.461 e. The molecule has 0 aliphatic rings. The zero-order valence-electron chi connectivity index (χ0n) is 39.7. The summed E-state index contributed by atoms with van der Waals surface area (Å²) in [5.41, 5.74) is 6.36. The van der Waals surface area contributed by atoms with Gasteiger partial charge in [0.1, 0.15) is 6.61 Å². The number of ether oxygens (including phenoxy) is 2. The Morgan fingerprint density at radius 3 is 1.13 bits per heavy atom. The average Bonchev–Trinajstić information content (AvgIpc) is 3.32. The van der Waals surface area contributed by atoms with Crippen LogP contribution in [0, 0.1) is 0 Å². The summed E-state index contributed by atoms with van der Waals surface area (Å²) >= 11 is 0. The highest BCUT2D eigenvalue weighted by Gasteiger charge is 2.29. The molecule has 0 amide bonds. The molecule has 5 nitrogen and oxygen atoms in total. The van der Waals surface area contributed by atoms with E-state index in [2.05, 4.69) is 103 Å². The molecule has 0 fully saturated rings. The second-order valence-electron chi connectivity index (χ2n) is 18.0. The Bertz CT molecular complexity index is 1700. The van der Waals surface area contributed by atoms with Gasteiger partial charge in [0.25, 0.3) is 0 Å². The predicted molar refractivity (Wildman–Crippen MR) is 264 cm³/mol. The molecule has 5 heteroatoms. The number of carbonyl (C=O) groups excluding carboxylic acids is 2. The number of aromatic nitrogens is 1. The summed E-state index contributed by atoms with van der Waals surface area (Å²) < 4.78 is 14.5. The van der Waals surface area contributed by atoms with E-state index < -0.39 is 6.10 Å². The molecule has 1 atom stereocenters. The Hall–Kier alpha value is -4.25. The number of unbranched alkanes of at least 4 members (excludes halogenated alkanes) is 24. The number of esters is 2. The molecule has 0 radical (unpaired) electrons. The summed E-state index contributed by atoms with van der Waals surface area (Å²) in [6, 6.07) is 35.7. The molecule has 0 saturated carbocycles. The monoisotopic (exact) mass is 859 g/mol. The number of benzene rings is 3. The first-order valence-corrected chi connectivity index (χ1v) is 25.7. The Labute approximate surface area is 383 Å². The van der Waals surface area contributed by atoms with E-state index in [0.29, 0.717) is 19.4 Å². The van der Waals surface area contributed by atoms with Crippen molar-refractivity contribution in [3.05, 3.63) is 103 Å². The van der Waals surface area contributed by atoms with Crippen LogP contribution in [0.25, 0.3) is 33.6 Å². The van der Waals surface area contributed by atoms with E-state index in [0.717, 1.165) is 72.2 Å². The standard InChI is InChI=1S/C58H84NO4/c1-3-5-7-9-11-13-15-17-19-21-23-25-36-44-57(60)62-49-54(63-58(61)45-37-26-24-22-20-18-16-14-12-10-8-6-4-2)48-59-55(51-40-32-28-33-41-51)46-53(50-38-30-27-31-39-50)47-56(59)52-42-34-29-35-43-52/h27-35,38-43,46-47,54H,3-26,36-37,44-45,48-49H2,1-2H3/q+1. The molecule has 0 N–H and O–H groups in total. The van der Waals surface area contributed by atoms with Gasteiger partial charge < -0.3 is 9.47 Å². The third kappa shape index (κ3) is 21.8. The van der Waals surface area contributed by atoms with Crippen molar-refractivity contribution in [2.75, 3.05) is 6.61 Å². The van der Waals surface area contributed by atoms with E-state index in [1.807, 2.05) is 18.2 Å². The molecule has 1 aromatic heterocycles. The highest BCUT2D eigenvalue weighted by Crippen LogP contribution is 2.30. The van der Waals surface area contributed by atoms with Crippen LogP contribution < -0.4 is 4.57 Å². The molecule has 4 rings (SSSR count). The van der Waals surface area contributed by atoms with Crippen LogP contribution in [0.2, 0.25) is 0 Å². The molecule has 63 heavy (non-hydrogen) atoms. The van der Waals surface area contributed by atoms with Gasteiger partial charge in [-0.05, 0) is 48.2 Å². The third-order valence-electron chi connectivity index (χ3n) is 12.5. The average molecular weight is 859 g/mol. The van der Waals surface area contributed by atoms with Crippen molar-refractivity contribution in [2.24, 2.45) is 0 Å². The van der Waals surface area contributed by atoms with Crippen LogP contribution in [0.1, 0.15) is 194 Å². The van der Waals surface area contributed by atoms with Crippen molar-refractivity contribution in [1.82, 2.24) is 0 Å². The predicted octanol–water partition coefficient (Wildman–Crippen LogP) is 16.4. The van der Waals surface area contributed by atoms with Gasteiger partial charge in [-0.2, -0.15) is 4.57 Å². The first-order chi connectivity index (χ1) is 31.1. The van der Waals surface area contributed by atoms with Crippen molar-refractivity contribution in [2.45, 2.75) is 206 Å². The van der Waals surface area contributed by atoms with Crippen molar-refractivity contribution >= 4 is 11.9 Å². The van der Waals surface area contributed by atoms with Gasteiger partial charge in [0.05, 0.1) is 0 Å². The molecule has 0 saturated heterocycles. The van der Waals surface area contributed by atoms with Crippen LogP contribution in [-0.2, 0) is 25.6 Å². The normalized spacial score (nSPS) is 11.7. The van der Waals surface area contributed by atoms with Gasteiger partial charge in [0.2, 0.25) is 11.4 Å². The molecule has 1 heterocycles. The van der Waals surface area contributed by atoms with Gasteiger partial charge in [-0.1, -0.05) is 235 Å². The van der Waals surface area contributed by atoms with Gasteiger partial charge in [-0.25, -0.2) is 0 Å². The number of pyridine rings is 1. The summed E-state index contributed by atoms with van der Waals surface area (Å²) in [7, 11) is 0. The molecule has 0 aliphatic heterocycles. The van der Waals surface area contributed by atoms with E-state index in [1.165, 1.54) is 128 Å². The Kier molecular flexibility index (Phi) is 27.1. The molecule has 1 unspecified atom stereocenters. The van der Waals surface area contributed by atoms with Gasteiger partial charge in [-0.15, -0.1) is 0 Å². The minimum Gasteiger partial charge on any atom is -0.461 e. The zero-order chi connectivity index (χ0) is 44.4. The fraction of sp³-hybridized carbons (Fsp3) is 0.569. The Morgan fingerprint density at radius 1 is 0.413 bits per heavy atom. The van der Waals surface area contributed by atoms with Gasteiger partial charge in [0.15, 0.2) is 12.6 Å². The number of carbonyl (C=O) groups is 2. The van der Waals surface area contributed by atoms with Gasteiger partial charge >= 0.3 is 11.9 Å². The first-order valence-electron chi connectivity index (χ1n) is 25.7. The summed E-state index contributed by atoms with van der Waals surface area (Å²) in [4.78, 5) is 26.8. The second kappa shape index (κ2) is 33.3. The van der Waals surface area contributed by atoms with E-state index >= 15 is 0 Å². The highest BCUT2D eigenvalue weighted by molar-refractivity contribution is 5.74. The minimum atomic E-state index is -0.646. The Balaban J connectivity index is 1.38. The molecular formula is C58H84NO4+. The summed E-state index contributed by atoms with van der Waals surface area (Å²) in [5.74, 6) is -0.439. The number of hydrogen-bond donors (Lipinski definition) is 0. The van der Waals surface area contributed by atoms with Gasteiger partial charge in [-0.3, -0.25) is 9.59 Å². The van der Waals surface area contributed by atoms with E-state index in [9.17, 15) is 9.59 Å². The maximum atomic E-state index is 13.6. The zero-order valence-corrected chi connectivity index (χ0v) is 39.7. The van der Waals surface area contributed by atoms with Crippen LogP contribution in [0.5, 0.6) is 0 Å². The molecule has 3 aromatic carbocycles. The summed E-state index contributed by atoms with van der Waals surface area (Å²) in [6.07, 6.45) is 32.8. The number of rotatable bonds is 36. The maximum absolute atomic E-state index is 13.6. The highest BCUT2D eigenvalue weighted by atomic mass is 16.6. The quantitative estimate of drug-likeness (QED) is 0.0260. The lowest BCUT2D eigenvalue weighted by atomic mass is 9.98. The fourth-order valence-corrected chi connectivity index (χ4v) is 8.72. The lowest BCUT2D eigenvalue weighted by molar-refractivity contribution is -0.682. The van der Waals surface area contributed by atoms with Crippen molar-refractivity contribution in [1.29, 1.82) is 0 Å². The number of nitrogens with zero attached hydrogens (tertiary/aromatic N) is 1. The van der Waals surface area contributed by atoms with Crippen LogP contribution in [0.15, 0.2) is 103 Å². The van der Waals surface area contributed by atoms with Crippen LogP contribution in [-0.4, -0.2) is 24.6 Å². The SMILES string of the molecule is CCCCCCCCCCCCCCCC(=O)OCC(C[n+]1c(-c2ccccc2)cc(-c2ccccc2)cc1-c1ccccc1)OC(=O)CCCCCCCCCCCCCCC. The molecule has 0 aliphatic carbocycles. The van der Waals surface area contributed by atoms with Crippen molar-refractivity contribution in [3.8, 4) is 33.6 Å². The second-order valence-corrected chi connectivity index (χ2v) is 18.0. The minimum absolute atomic E-state index is 0.0253. The maximum Gasteiger partial charge on any atom is 0.306 e. The van der Waals surface area contributed by atoms with Crippen LogP contribution in [0.3, 0.4) is 0 Å². The first kappa shape index (κ1) is 51.4. The topological polar surface area (TPSA) is 56.5 Å². The number of hydrogen-bond acceptors (Lipinski definition) is 4. The smallest absolute Gasteiger partial charge is 0.306 e. The fourth-order valence-electron chi connectivity index (χ4n) is 8.72. The molecule has 0 bridgehead atoms.